The van der Waals surface area contributed by atoms with Crippen LogP contribution >= 0.6 is 11.6 Å². The van der Waals surface area contributed by atoms with Crippen LogP contribution in [-0.4, -0.2) is 16.5 Å². The lowest BCUT2D eigenvalue weighted by Gasteiger charge is -2.09. The van der Waals surface area contributed by atoms with Gasteiger partial charge in [0.15, 0.2) is 5.82 Å². The average Bonchev–Trinajstić information content (AvgIpc) is 2.36. The highest BCUT2D eigenvalue weighted by Gasteiger charge is 2.07. The number of hydrogen-bond donors (Lipinski definition) is 2. The van der Waals surface area contributed by atoms with Crippen molar-refractivity contribution >= 4 is 29.1 Å². The first kappa shape index (κ1) is 12.6. The molecule has 0 unspecified atom stereocenters. The number of anilines is 3. The predicted octanol–water partition coefficient (Wildman–Crippen LogP) is 3.44. The van der Waals surface area contributed by atoms with E-state index in [4.69, 9.17) is 11.6 Å². The summed E-state index contributed by atoms with van der Waals surface area (Å²) in [7, 11) is 0. The number of halogens is 2. The van der Waals surface area contributed by atoms with Crippen LogP contribution in [0.15, 0.2) is 30.5 Å². The lowest BCUT2D eigenvalue weighted by molar-refractivity contribution is 0.632. The summed E-state index contributed by atoms with van der Waals surface area (Å²) in [5.74, 6) is 0.450. The van der Waals surface area contributed by atoms with E-state index in [0.29, 0.717) is 29.0 Å². The summed E-state index contributed by atoms with van der Waals surface area (Å²) >= 11 is 5.96. The third-order valence-electron chi connectivity index (χ3n) is 2.21. The topological polar surface area (TPSA) is 49.8 Å². The van der Waals surface area contributed by atoms with Crippen LogP contribution in [0.5, 0.6) is 0 Å². The minimum atomic E-state index is -0.364. The second-order valence-electron chi connectivity index (χ2n) is 3.53. The van der Waals surface area contributed by atoms with Crippen LogP contribution in [0.25, 0.3) is 0 Å². The second kappa shape index (κ2) is 5.64. The molecule has 2 N–H and O–H groups in total. The van der Waals surface area contributed by atoms with E-state index in [1.807, 2.05) is 6.92 Å². The quantitative estimate of drug-likeness (QED) is 0.890. The minimum absolute atomic E-state index is 0.320. The van der Waals surface area contributed by atoms with E-state index in [0.717, 1.165) is 0 Å². The first-order chi connectivity index (χ1) is 8.70. The van der Waals surface area contributed by atoms with E-state index in [-0.39, 0.29) is 5.82 Å². The number of hydrogen-bond acceptors (Lipinski definition) is 4. The molecule has 0 aliphatic heterocycles. The SMILES string of the molecule is CCNc1ncc(Cl)c(Nc2ccccc2F)n1. The summed E-state index contributed by atoms with van der Waals surface area (Å²) < 4.78 is 13.5. The van der Waals surface area contributed by atoms with E-state index in [9.17, 15) is 4.39 Å². The van der Waals surface area contributed by atoms with Crippen LogP contribution in [0, 0.1) is 5.82 Å². The molecule has 6 heteroatoms. The van der Waals surface area contributed by atoms with Gasteiger partial charge < -0.3 is 10.6 Å². The molecular formula is C12H12ClFN4. The van der Waals surface area contributed by atoms with Crippen LogP contribution in [0.1, 0.15) is 6.92 Å². The molecule has 0 bridgehead atoms. The van der Waals surface area contributed by atoms with Gasteiger partial charge in [-0.15, -0.1) is 0 Å². The highest BCUT2D eigenvalue weighted by molar-refractivity contribution is 6.32. The van der Waals surface area contributed by atoms with Crippen molar-refractivity contribution in [2.24, 2.45) is 0 Å². The maximum absolute atomic E-state index is 13.5. The lowest BCUT2D eigenvalue weighted by atomic mass is 10.3. The van der Waals surface area contributed by atoms with Gasteiger partial charge in [0.25, 0.3) is 0 Å². The summed E-state index contributed by atoms with van der Waals surface area (Å²) in [6, 6.07) is 6.32. The van der Waals surface area contributed by atoms with E-state index >= 15 is 0 Å². The fourth-order valence-electron chi connectivity index (χ4n) is 1.39. The van der Waals surface area contributed by atoms with Crippen molar-refractivity contribution in [3.63, 3.8) is 0 Å². The number of nitrogens with zero attached hydrogens (tertiary/aromatic N) is 2. The monoisotopic (exact) mass is 266 g/mol. The van der Waals surface area contributed by atoms with Crippen molar-refractivity contribution in [1.29, 1.82) is 0 Å². The van der Waals surface area contributed by atoms with Gasteiger partial charge in [-0.05, 0) is 19.1 Å². The van der Waals surface area contributed by atoms with E-state index in [2.05, 4.69) is 20.6 Å². The van der Waals surface area contributed by atoms with Crippen molar-refractivity contribution in [3.05, 3.63) is 41.3 Å². The van der Waals surface area contributed by atoms with Gasteiger partial charge in [0, 0.05) is 6.54 Å². The van der Waals surface area contributed by atoms with Crippen LogP contribution in [0.4, 0.5) is 21.8 Å². The first-order valence-electron chi connectivity index (χ1n) is 5.48. The average molecular weight is 267 g/mol. The molecule has 4 nitrogen and oxygen atoms in total. The summed E-state index contributed by atoms with van der Waals surface area (Å²) in [6.45, 7) is 2.63. The number of benzene rings is 1. The van der Waals surface area contributed by atoms with Gasteiger partial charge in [0.05, 0.1) is 11.9 Å². The largest absolute Gasteiger partial charge is 0.354 e. The molecule has 1 aromatic heterocycles. The molecule has 2 aromatic rings. The van der Waals surface area contributed by atoms with Crippen LogP contribution in [0.2, 0.25) is 5.02 Å². The van der Waals surface area contributed by atoms with Crippen LogP contribution in [-0.2, 0) is 0 Å². The van der Waals surface area contributed by atoms with E-state index < -0.39 is 0 Å². The summed E-state index contributed by atoms with van der Waals surface area (Å²) in [5, 5.41) is 6.14. The Hall–Kier alpha value is -1.88. The Bertz CT molecular complexity index is 547. The van der Waals surface area contributed by atoms with Crippen LogP contribution in [0.3, 0.4) is 0 Å². The van der Waals surface area contributed by atoms with Crippen molar-refractivity contribution in [1.82, 2.24) is 9.97 Å². The molecule has 1 aromatic carbocycles. The molecular weight excluding hydrogens is 255 g/mol. The van der Waals surface area contributed by atoms with E-state index in [1.54, 1.807) is 18.2 Å². The molecule has 18 heavy (non-hydrogen) atoms. The first-order valence-corrected chi connectivity index (χ1v) is 5.86. The molecule has 94 valence electrons. The fraction of sp³-hybridized carbons (Fsp3) is 0.167. The Kier molecular flexibility index (Phi) is 3.94. The van der Waals surface area contributed by atoms with Crippen molar-refractivity contribution in [2.45, 2.75) is 6.92 Å². The third-order valence-corrected chi connectivity index (χ3v) is 2.48. The number of aromatic nitrogens is 2. The summed E-state index contributed by atoms with van der Waals surface area (Å²) in [6.07, 6.45) is 1.47. The fourth-order valence-corrected chi connectivity index (χ4v) is 1.53. The maximum atomic E-state index is 13.5. The highest BCUT2D eigenvalue weighted by atomic mass is 35.5. The standard InChI is InChI=1S/C12H12ClFN4/c1-2-15-12-16-7-8(13)11(18-12)17-10-6-4-3-5-9(10)14/h3-7H,2H2,1H3,(H2,15,16,17,18). The van der Waals surface area contributed by atoms with Gasteiger partial charge >= 0.3 is 0 Å². The Morgan fingerprint density at radius 1 is 1.33 bits per heavy atom. The van der Waals surface area contributed by atoms with Gasteiger partial charge in [0.1, 0.15) is 10.8 Å². The second-order valence-corrected chi connectivity index (χ2v) is 3.93. The van der Waals surface area contributed by atoms with Crippen molar-refractivity contribution < 1.29 is 4.39 Å². The van der Waals surface area contributed by atoms with Gasteiger partial charge in [-0.1, -0.05) is 23.7 Å². The zero-order valence-electron chi connectivity index (χ0n) is 9.74. The van der Waals surface area contributed by atoms with Gasteiger partial charge in [-0.25, -0.2) is 9.37 Å². The van der Waals surface area contributed by atoms with E-state index in [1.165, 1.54) is 12.3 Å². The minimum Gasteiger partial charge on any atom is -0.354 e. The normalized spacial score (nSPS) is 10.2. The third kappa shape index (κ3) is 2.87. The Labute approximate surface area is 109 Å². The van der Waals surface area contributed by atoms with Crippen molar-refractivity contribution in [2.75, 3.05) is 17.2 Å². The molecule has 0 fully saturated rings. The number of nitrogens with one attached hydrogen (secondary N) is 2. The molecule has 0 amide bonds. The molecule has 1 heterocycles. The molecule has 0 aliphatic rings. The summed E-state index contributed by atoms with van der Waals surface area (Å²) in [5.41, 5.74) is 0.320. The Balaban J connectivity index is 2.28. The molecule has 0 spiro atoms. The molecule has 0 radical (unpaired) electrons. The predicted molar refractivity (Wildman–Crippen MR) is 70.9 cm³/mol. The molecule has 0 aliphatic carbocycles. The number of para-hydroxylation sites is 1. The summed E-state index contributed by atoms with van der Waals surface area (Å²) in [4.78, 5) is 8.17. The zero-order valence-corrected chi connectivity index (χ0v) is 10.5. The van der Waals surface area contributed by atoms with Crippen molar-refractivity contribution in [3.8, 4) is 0 Å². The number of rotatable bonds is 4. The van der Waals surface area contributed by atoms with Gasteiger partial charge in [-0.2, -0.15) is 4.98 Å². The highest BCUT2D eigenvalue weighted by Crippen LogP contribution is 2.24. The molecule has 2 rings (SSSR count). The molecule has 0 saturated heterocycles. The zero-order chi connectivity index (χ0) is 13.0. The van der Waals surface area contributed by atoms with Gasteiger partial charge in [0.2, 0.25) is 5.95 Å². The van der Waals surface area contributed by atoms with Gasteiger partial charge in [-0.3, -0.25) is 0 Å². The Morgan fingerprint density at radius 3 is 2.83 bits per heavy atom. The van der Waals surface area contributed by atoms with Crippen LogP contribution < -0.4 is 10.6 Å². The smallest absolute Gasteiger partial charge is 0.224 e. The molecule has 0 saturated carbocycles. The molecule has 0 atom stereocenters. The Morgan fingerprint density at radius 2 is 2.11 bits per heavy atom. The maximum Gasteiger partial charge on any atom is 0.224 e. The lowest BCUT2D eigenvalue weighted by Crippen LogP contribution is -2.05.